The van der Waals surface area contributed by atoms with Crippen molar-refractivity contribution in [1.29, 1.82) is 0 Å². The zero-order valence-electron chi connectivity index (χ0n) is 15.5. The SMILES string of the molecule is C[C@H]1CCN(C(=O)COC(=O)COc2ccccc2C=O)c2ccccc2S1. The molecule has 146 valence electrons. The third-order valence-corrected chi connectivity index (χ3v) is 5.53. The lowest BCUT2D eigenvalue weighted by atomic mass is 10.2. The van der Waals surface area contributed by atoms with E-state index in [0.717, 1.165) is 17.0 Å². The maximum Gasteiger partial charge on any atom is 0.344 e. The number of thioether (sulfide) groups is 1. The molecule has 7 heteroatoms. The first-order valence-corrected chi connectivity index (χ1v) is 9.85. The first kappa shape index (κ1) is 19.9. The molecule has 2 aromatic carbocycles. The first-order chi connectivity index (χ1) is 13.6. The van der Waals surface area contributed by atoms with Crippen molar-refractivity contribution in [2.24, 2.45) is 0 Å². The van der Waals surface area contributed by atoms with Crippen molar-refractivity contribution in [2.45, 2.75) is 23.5 Å². The molecule has 28 heavy (non-hydrogen) atoms. The number of esters is 1. The van der Waals surface area contributed by atoms with Crippen LogP contribution in [0.3, 0.4) is 0 Å². The van der Waals surface area contributed by atoms with E-state index < -0.39 is 5.97 Å². The lowest BCUT2D eigenvalue weighted by molar-refractivity contribution is -0.149. The van der Waals surface area contributed by atoms with Gasteiger partial charge in [-0.05, 0) is 30.7 Å². The highest BCUT2D eigenvalue weighted by Crippen LogP contribution is 2.37. The third-order valence-electron chi connectivity index (χ3n) is 4.29. The number of rotatable bonds is 6. The van der Waals surface area contributed by atoms with Gasteiger partial charge in [0.05, 0.1) is 11.3 Å². The highest BCUT2D eigenvalue weighted by molar-refractivity contribution is 8.00. The van der Waals surface area contributed by atoms with Crippen LogP contribution >= 0.6 is 11.8 Å². The van der Waals surface area contributed by atoms with Crippen molar-refractivity contribution < 1.29 is 23.9 Å². The fraction of sp³-hybridized carbons (Fsp3) is 0.286. The van der Waals surface area contributed by atoms with Crippen molar-refractivity contribution >= 4 is 35.6 Å². The summed E-state index contributed by atoms with van der Waals surface area (Å²) in [7, 11) is 0. The summed E-state index contributed by atoms with van der Waals surface area (Å²) in [6.45, 7) is 1.97. The van der Waals surface area contributed by atoms with Crippen LogP contribution in [-0.2, 0) is 14.3 Å². The van der Waals surface area contributed by atoms with Gasteiger partial charge < -0.3 is 14.4 Å². The van der Waals surface area contributed by atoms with Gasteiger partial charge in [-0.3, -0.25) is 9.59 Å². The van der Waals surface area contributed by atoms with Gasteiger partial charge in [0, 0.05) is 16.7 Å². The van der Waals surface area contributed by atoms with Gasteiger partial charge in [-0.1, -0.05) is 31.2 Å². The lowest BCUT2D eigenvalue weighted by Crippen LogP contribution is -2.36. The number of carbonyl (C=O) groups excluding carboxylic acids is 3. The second kappa shape index (κ2) is 9.41. The van der Waals surface area contributed by atoms with Crippen LogP contribution in [0.25, 0.3) is 0 Å². The molecule has 2 aromatic rings. The van der Waals surface area contributed by atoms with E-state index in [-0.39, 0.29) is 19.1 Å². The van der Waals surface area contributed by atoms with Gasteiger partial charge in [-0.15, -0.1) is 11.8 Å². The molecule has 0 saturated heterocycles. The van der Waals surface area contributed by atoms with Crippen LogP contribution in [0.1, 0.15) is 23.7 Å². The van der Waals surface area contributed by atoms with E-state index in [4.69, 9.17) is 9.47 Å². The molecular weight excluding hydrogens is 378 g/mol. The number of hydrogen-bond donors (Lipinski definition) is 0. The van der Waals surface area contributed by atoms with Crippen molar-refractivity contribution in [2.75, 3.05) is 24.7 Å². The van der Waals surface area contributed by atoms with Crippen LogP contribution < -0.4 is 9.64 Å². The normalized spacial score (nSPS) is 15.9. The zero-order valence-corrected chi connectivity index (χ0v) is 16.3. The summed E-state index contributed by atoms with van der Waals surface area (Å²) in [6, 6.07) is 14.3. The summed E-state index contributed by atoms with van der Waals surface area (Å²) in [5.74, 6) is -0.642. The third kappa shape index (κ3) is 4.92. The number of ether oxygens (including phenoxy) is 2. The number of anilines is 1. The Morgan fingerprint density at radius 3 is 2.71 bits per heavy atom. The maximum atomic E-state index is 12.7. The molecule has 0 saturated carbocycles. The Balaban J connectivity index is 1.56. The van der Waals surface area contributed by atoms with Crippen LogP contribution in [0.2, 0.25) is 0 Å². The average Bonchev–Trinajstić information content (AvgIpc) is 2.88. The van der Waals surface area contributed by atoms with Gasteiger partial charge in [-0.2, -0.15) is 0 Å². The number of para-hydroxylation sites is 2. The molecule has 0 spiro atoms. The summed E-state index contributed by atoms with van der Waals surface area (Å²) in [4.78, 5) is 38.3. The Morgan fingerprint density at radius 1 is 1.14 bits per heavy atom. The van der Waals surface area contributed by atoms with Crippen LogP contribution in [0.4, 0.5) is 5.69 Å². The molecular formula is C21H21NO5S. The van der Waals surface area contributed by atoms with E-state index in [1.165, 1.54) is 0 Å². The maximum absolute atomic E-state index is 12.7. The summed E-state index contributed by atoms with van der Waals surface area (Å²) in [6.07, 6.45) is 1.50. The van der Waals surface area contributed by atoms with E-state index in [1.807, 2.05) is 24.3 Å². The molecule has 0 unspecified atom stereocenters. The largest absolute Gasteiger partial charge is 0.481 e. The van der Waals surface area contributed by atoms with Crippen molar-refractivity contribution in [3.63, 3.8) is 0 Å². The van der Waals surface area contributed by atoms with Gasteiger partial charge in [0.25, 0.3) is 5.91 Å². The molecule has 1 heterocycles. The quantitative estimate of drug-likeness (QED) is 0.548. The predicted octanol–water partition coefficient (Wildman–Crippen LogP) is 3.34. The van der Waals surface area contributed by atoms with E-state index in [2.05, 4.69) is 6.92 Å². The van der Waals surface area contributed by atoms with E-state index in [9.17, 15) is 14.4 Å². The van der Waals surface area contributed by atoms with Gasteiger partial charge in [0.1, 0.15) is 5.75 Å². The molecule has 1 atom stereocenters. The number of amides is 1. The molecule has 0 aliphatic carbocycles. The number of benzene rings is 2. The van der Waals surface area contributed by atoms with Crippen molar-refractivity contribution in [3.8, 4) is 5.75 Å². The van der Waals surface area contributed by atoms with Crippen LogP contribution in [0.15, 0.2) is 53.4 Å². The molecule has 1 aliphatic rings. The number of hydrogen-bond acceptors (Lipinski definition) is 6. The van der Waals surface area contributed by atoms with Crippen molar-refractivity contribution in [3.05, 3.63) is 54.1 Å². The van der Waals surface area contributed by atoms with Gasteiger partial charge in [-0.25, -0.2) is 4.79 Å². The Labute approximate surface area is 167 Å². The number of nitrogens with zero attached hydrogens (tertiary/aromatic N) is 1. The molecule has 1 aliphatic heterocycles. The highest BCUT2D eigenvalue weighted by atomic mass is 32.2. The Morgan fingerprint density at radius 2 is 1.89 bits per heavy atom. The molecule has 6 nitrogen and oxygen atoms in total. The lowest BCUT2D eigenvalue weighted by Gasteiger charge is -2.22. The Bertz CT molecular complexity index is 869. The van der Waals surface area contributed by atoms with Gasteiger partial charge in [0.2, 0.25) is 0 Å². The first-order valence-electron chi connectivity index (χ1n) is 8.97. The number of aldehydes is 1. The zero-order chi connectivity index (χ0) is 19.9. The Kier molecular flexibility index (Phi) is 6.71. The van der Waals surface area contributed by atoms with Gasteiger partial charge in [0.15, 0.2) is 19.5 Å². The summed E-state index contributed by atoms with van der Waals surface area (Å²) in [5.41, 5.74) is 1.19. The molecule has 0 N–H and O–H groups in total. The average molecular weight is 399 g/mol. The van der Waals surface area contributed by atoms with Crippen LogP contribution in [0, 0.1) is 0 Å². The van der Waals surface area contributed by atoms with Crippen LogP contribution in [0.5, 0.6) is 5.75 Å². The molecule has 0 aromatic heterocycles. The molecule has 3 rings (SSSR count). The van der Waals surface area contributed by atoms with E-state index in [1.54, 1.807) is 40.9 Å². The minimum Gasteiger partial charge on any atom is -0.481 e. The highest BCUT2D eigenvalue weighted by Gasteiger charge is 2.24. The molecule has 1 amide bonds. The second-order valence-corrected chi connectivity index (χ2v) is 7.82. The monoisotopic (exact) mass is 399 g/mol. The van der Waals surface area contributed by atoms with Crippen LogP contribution in [-0.4, -0.2) is 43.2 Å². The van der Waals surface area contributed by atoms with E-state index in [0.29, 0.717) is 29.4 Å². The second-order valence-electron chi connectivity index (χ2n) is 6.34. The standard InChI is InChI=1S/C21H21NO5S/c1-15-10-11-22(17-7-3-5-9-19(17)28-15)20(24)13-27-21(25)14-26-18-8-4-2-6-16(18)12-23/h2-9,12,15H,10-11,13-14H2,1H3/t15-/m0/s1. The van der Waals surface area contributed by atoms with Crippen molar-refractivity contribution in [1.82, 2.24) is 0 Å². The Hall–Kier alpha value is -2.80. The summed E-state index contributed by atoms with van der Waals surface area (Å²) in [5, 5.41) is 0.396. The molecule has 0 fully saturated rings. The summed E-state index contributed by atoms with van der Waals surface area (Å²) < 4.78 is 10.4. The van der Waals surface area contributed by atoms with E-state index >= 15 is 0 Å². The molecule has 0 bridgehead atoms. The number of carbonyl (C=O) groups is 3. The summed E-state index contributed by atoms with van der Waals surface area (Å²) >= 11 is 1.74. The fourth-order valence-electron chi connectivity index (χ4n) is 2.85. The topological polar surface area (TPSA) is 72.9 Å². The number of fused-ring (bicyclic) bond motifs is 1. The smallest absolute Gasteiger partial charge is 0.344 e. The minimum atomic E-state index is -0.667. The van der Waals surface area contributed by atoms with Gasteiger partial charge >= 0.3 is 5.97 Å². The fourth-order valence-corrected chi connectivity index (χ4v) is 3.97. The minimum absolute atomic E-state index is 0.274. The molecule has 0 radical (unpaired) electrons. The predicted molar refractivity (Wildman–Crippen MR) is 107 cm³/mol.